The van der Waals surface area contributed by atoms with Gasteiger partial charge in [-0.1, -0.05) is 12.1 Å². The molecule has 0 aliphatic carbocycles. The van der Waals surface area contributed by atoms with E-state index in [1.54, 1.807) is 23.5 Å². The summed E-state index contributed by atoms with van der Waals surface area (Å²) in [6.45, 7) is 0.632. The van der Waals surface area contributed by atoms with Crippen LogP contribution in [-0.2, 0) is 20.8 Å². The Bertz CT molecular complexity index is 721. The van der Waals surface area contributed by atoms with Gasteiger partial charge in [0.25, 0.3) is 10.1 Å². The maximum atomic E-state index is 11.1. The lowest BCUT2D eigenvalue weighted by atomic mass is 10.1. The van der Waals surface area contributed by atoms with Crippen molar-refractivity contribution in [2.24, 2.45) is 0 Å². The van der Waals surface area contributed by atoms with Crippen molar-refractivity contribution >= 4 is 33.6 Å². The molecule has 0 bridgehead atoms. The molecule has 0 N–H and O–H groups in total. The topological polar surface area (TPSA) is 48.3 Å². The van der Waals surface area contributed by atoms with Crippen LogP contribution in [0.15, 0.2) is 46.3 Å². The van der Waals surface area contributed by atoms with Gasteiger partial charge in [0.15, 0.2) is 0 Å². The summed E-state index contributed by atoms with van der Waals surface area (Å²) in [5.74, 6) is 0. The highest BCUT2D eigenvalue weighted by Crippen LogP contribution is 2.28. The van der Waals surface area contributed by atoms with E-state index in [-0.39, 0.29) is 6.61 Å². The Morgan fingerprint density at radius 1 is 1.05 bits per heavy atom. The summed E-state index contributed by atoms with van der Waals surface area (Å²) in [4.78, 5) is 1.22. The highest BCUT2D eigenvalue weighted by Gasteiger charge is 2.11. The molecule has 0 spiro atoms. The van der Waals surface area contributed by atoms with Gasteiger partial charge in [-0.2, -0.15) is 8.42 Å². The molecular weight excluding hydrogens is 338 g/mol. The van der Waals surface area contributed by atoms with E-state index in [1.807, 2.05) is 18.6 Å². The SMILES string of the molecule is CSc1ccc(-c2ccc(SC)n2CCOS(C)(=O)=O)cc1. The standard InChI is InChI=1S/C15H19NO3S3/c1-20-13-6-4-12(5-7-13)14-8-9-15(21-2)16(14)10-11-19-22(3,17)18/h4-9H,10-11H2,1-3H3. The molecule has 1 aromatic carbocycles. The minimum absolute atomic E-state index is 0.136. The number of nitrogens with zero attached hydrogens (tertiary/aromatic N) is 1. The van der Waals surface area contributed by atoms with E-state index in [9.17, 15) is 8.42 Å². The molecule has 1 heterocycles. The van der Waals surface area contributed by atoms with Crippen molar-refractivity contribution in [1.29, 1.82) is 0 Å². The molecule has 22 heavy (non-hydrogen) atoms. The Kier molecular flexibility index (Phi) is 6.02. The smallest absolute Gasteiger partial charge is 0.264 e. The van der Waals surface area contributed by atoms with Crippen LogP contribution >= 0.6 is 23.5 Å². The van der Waals surface area contributed by atoms with Crippen LogP contribution in [0.3, 0.4) is 0 Å². The van der Waals surface area contributed by atoms with E-state index >= 15 is 0 Å². The van der Waals surface area contributed by atoms with Crippen LogP contribution in [0, 0.1) is 0 Å². The third-order valence-electron chi connectivity index (χ3n) is 3.15. The van der Waals surface area contributed by atoms with E-state index in [1.165, 1.54) is 4.90 Å². The molecule has 0 fully saturated rings. The van der Waals surface area contributed by atoms with E-state index in [2.05, 4.69) is 34.9 Å². The van der Waals surface area contributed by atoms with Crippen molar-refractivity contribution in [3.8, 4) is 11.3 Å². The summed E-state index contributed by atoms with van der Waals surface area (Å²) in [6, 6.07) is 12.4. The van der Waals surface area contributed by atoms with Gasteiger partial charge in [0.1, 0.15) is 0 Å². The molecule has 0 saturated heterocycles. The largest absolute Gasteiger partial charge is 0.333 e. The number of benzene rings is 1. The summed E-state index contributed by atoms with van der Waals surface area (Å²) >= 11 is 3.34. The molecule has 4 nitrogen and oxygen atoms in total. The second kappa shape index (κ2) is 7.59. The fourth-order valence-electron chi connectivity index (χ4n) is 2.15. The molecule has 0 aliphatic rings. The molecule has 0 atom stereocenters. The molecular formula is C15H19NO3S3. The molecule has 0 saturated carbocycles. The fourth-order valence-corrected chi connectivity index (χ4v) is 3.55. The van der Waals surface area contributed by atoms with Crippen LogP contribution < -0.4 is 0 Å². The van der Waals surface area contributed by atoms with Crippen molar-refractivity contribution in [1.82, 2.24) is 4.57 Å². The molecule has 2 rings (SSSR count). The number of rotatable bonds is 7. The van der Waals surface area contributed by atoms with Crippen LogP contribution in [0.4, 0.5) is 0 Å². The quantitative estimate of drug-likeness (QED) is 0.560. The lowest BCUT2D eigenvalue weighted by Crippen LogP contribution is -2.11. The van der Waals surface area contributed by atoms with Crippen molar-refractivity contribution in [2.45, 2.75) is 16.5 Å². The van der Waals surface area contributed by atoms with Crippen molar-refractivity contribution < 1.29 is 12.6 Å². The first-order chi connectivity index (χ1) is 10.4. The van der Waals surface area contributed by atoms with Gasteiger partial charge in [-0.25, -0.2) is 0 Å². The van der Waals surface area contributed by atoms with Crippen LogP contribution in [0.5, 0.6) is 0 Å². The third-order valence-corrected chi connectivity index (χ3v) is 5.26. The fraction of sp³-hybridized carbons (Fsp3) is 0.333. The maximum Gasteiger partial charge on any atom is 0.264 e. The minimum atomic E-state index is -3.41. The lowest BCUT2D eigenvalue weighted by Gasteiger charge is -2.12. The summed E-state index contributed by atoms with van der Waals surface area (Å²) in [6.07, 6.45) is 5.12. The molecule has 1 aromatic heterocycles. The van der Waals surface area contributed by atoms with Gasteiger partial charge in [-0.15, -0.1) is 23.5 Å². The molecule has 2 aromatic rings. The van der Waals surface area contributed by atoms with Crippen LogP contribution in [0.1, 0.15) is 0 Å². The Labute approximate surface area is 140 Å². The van der Waals surface area contributed by atoms with Gasteiger partial charge in [0, 0.05) is 17.1 Å². The highest BCUT2D eigenvalue weighted by molar-refractivity contribution is 7.98. The Morgan fingerprint density at radius 2 is 1.73 bits per heavy atom. The number of hydrogen-bond donors (Lipinski definition) is 0. The van der Waals surface area contributed by atoms with Gasteiger partial charge in [0.05, 0.1) is 17.9 Å². The summed E-state index contributed by atoms with van der Waals surface area (Å²) in [5.41, 5.74) is 2.17. The zero-order valence-corrected chi connectivity index (χ0v) is 15.2. The van der Waals surface area contributed by atoms with Crippen LogP contribution in [0.25, 0.3) is 11.3 Å². The first-order valence-electron chi connectivity index (χ1n) is 6.67. The second-order valence-electron chi connectivity index (χ2n) is 4.67. The number of thioether (sulfide) groups is 2. The predicted octanol–water partition coefficient (Wildman–Crippen LogP) is 3.58. The normalized spacial score (nSPS) is 11.8. The average Bonchev–Trinajstić information content (AvgIpc) is 2.89. The van der Waals surface area contributed by atoms with Gasteiger partial charge in [-0.05, 0) is 42.3 Å². The Hall–Kier alpha value is -0.890. The van der Waals surface area contributed by atoms with Crippen molar-refractivity contribution in [3.05, 3.63) is 36.4 Å². The Morgan fingerprint density at radius 3 is 2.27 bits per heavy atom. The monoisotopic (exact) mass is 357 g/mol. The average molecular weight is 358 g/mol. The Balaban J connectivity index is 2.25. The molecule has 0 radical (unpaired) electrons. The molecule has 7 heteroatoms. The van der Waals surface area contributed by atoms with E-state index in [4.69, 9.17) is 4.18 Å². The molecule has 120 valence electrons. The minimum Gasteiger partial charge on any atom is -0.333 e. The number of hydrogen-bond acceptors (Lipinski definition) is 5. The molecule has 0 unspecified atom stereocenters. The first kappa shape index (κ1) is 17.5. The van der Waals surface area contributed by atoms with Gasteiger partial charge in [-0.3, -0.25) is 4.18 Å². The first-order valence-corrected chi connectivity index (χ1v) is 10.9. The van der Waals surface area contributed by atoms with E-state index < -0.39 is 10.1 Å². The van der Waals surface area contributed by atoms with E-state index in [0.29, 0.717) is 6.54 Å². The van der Waals surface area contributed by atoms with Crippen LogP contribution in [-0.4, -0.2) is 38.4 Å². The van der Waals surface area contributed by atoms with E-state index in [0.717, 1.165) is 22.5 Å². The highest BCUT2D eigenvalue weighted by atomic mass is 32.2. The zero-order chi connectivity index (χ0) is 16.2. The molecule has 0 amide bonds. The zero-order valence-electron chi connectivity index (χ0n) is 12.8. The second-order valence-corrected chi connectivity index (χ2v) is 8.02. The maximum absolute atomic E-state index is 11.1. The van der Waals surface area contributed by atoms with Gasteiger partial charge in [0.2, 0.25) is 0 Å². The number of aromatic nitrogens is 1. The summed E-state index contributed by atoms with van der Waals surface area (Å²) in [5, 5.41) is 1.08. The summed E-state index contributed by atoms with van der Waals surface area (Å²) < 4.78 is 29.2. The van der Waals surface area contributed by atoms with Crippen LogP contribution in [0.2, 0.25) is 0 Å². The van der Waals surface area contributed by atoms with Gasteiger partial charge >= 0.3 is 0 Å². The van der Waals surface area contributed by atoms with Gasteiger partial charge < -0.3 is 4.57 Å². The molecule has 0 aliphatic heterocycles. The van der Waals surface area contributed by atoms with Crippen molar-refractivity contribution in [3.63, 3.8) is 0 Å². The van der Waals surface area contributed by atoms with Crippen molar-refractivity contribution in [2.75, 3.05) is 25.4 Å². The third kappa shape index (κ3) is 4.55. The summed E-state index contributed by atoms with van der Waals surface area (Å²) in [7, 11) is -3.41. The lowest BCUT2D eigenvalue weighted by molar-refractivity contribution is 0.301. The predicted molar refractivity (Wildman–Crippen MR) is 94.2 cm³/mol.